The molecule has 1 aromatic rings. The molecule has 0 spiro atoms. The first-order chi connectivity index (χ1) is 8.04. The Hall–Kier alpha value is -1.10. The maximum atomic E-state index is 13.4. The first-order valence-electron chi connectivity index (χ1n) is 5.35. The van der Waals surface area contributed by atoms with Crippen LogP contribution in [0.15, 0.2) is 22.7 Å². The summed E-state index contributed by atoms with van der Waals surface area (Å²) < 4.78 is 19.3. The van der Waals surface area contributed by atoms with Gasteiger partial charge in [0.1, 0.15) is 11.4 Å². The van der Waals surface area contributed by atoms with Gasteiger partial charge in [-0.05, 0) is 31.0 Å². The van der Waals surface area contributed by atoms with Gasteiger partial charge in [-0.2, -0.15) is 0 Å². The van der Waals surface area contributed by atoms with Crippen molar-refractivity contribution in [3.05, 3.63) is 28.2 Å². The normalized spacial score (nSPS) is 16.4. The van der Waals surface area contributed by atoms with Crippen LogP contribution in [0.2, 0.25) is 0 Å². The number of methoxy groups -OCH3 is 1. The molecule has 0 saturated heterocycles. The summed E-state index contributed by atoms with van der Waals surface area (Å²) >= 11 is 3.30. The van der Waals surface area contributed by atoms with E-state index in [1.54, 1.807) is 18.2 Å². The van der Waals surface area contributed by atoms with Gasteiger partial charge in [-0.15, -0.1) is 0 Å². The molecule has 0 radical (unpaired) electrons. The van der Waals surface area contributed by atoms with Gasteiger partial charge >= 0.3 is 0 Å². The van der Waals surface area contributed by atoms with Crippen molar-refractivity contribution in [3.8, 4) is 5.75 Å². The predicted octanol–water partition coefficient (Wildman–Crippen LogP) is 2.69. The Kier molecular flexibility index (Phi) is 3.38. The highest BCUT2D eigenvalue weighted by Gasteiger charge is 2.43. The number of benzene rings is 1. The Morgan fingerprint density at radius 2 is 2.29 bits per heavy atom. The lowest BCUT2D eigenvalue weighted by atomic mass is 10.2. The zero-order chi connectivity index (χ0) is 12.5. The summed E-state index contributed by atoms with van der Waals surface area (Å²) in [6.07, 6.45) is 1.06. The van der Waals surface area contributed by atoms with Gasteiger partial charge in [0.2, 0.25) is 0 Å². The maximum Gasteiger partial charge on any atom is 0.255 e. The minimum absolute atomic E-state index is 0.0745. The van der Waals surface area contributed by atoms with Gasteiger partial charge in [0, 0.05) is 4.47 Å². The second-order valence-electron chi connectivity index (χ2n) is 4.18. The van der Waals surface area contributed by atoms with E-state index in [1.165, 1.54) is 7.11 Å². The quantitative estimate of drug-likeness (QED) is 0.928. The SMILES string of the molecule is COc1cc(Br)ccc1C(=O)NCC1(F)CC1. The van der Waals surface area contributed by atoms with Crippen molar-refractivity contribution in [2.45, 2.75) is 18.5 Å². The summed E-state index contributed by atoms with van der Waals surface area (Å²) in [5.41, 5.74) is -0.766. The van der Waals surface area contributed by atoms with E-state index in [-0.39, 0.29) is 12.5 Å². The van der Waals surface area contributed by atoms with Crippen molar-refractivity contribution in [1.82, 2.24) is 5.32 Å². The highest BCUT2D eigenvalue weighted by atomic mass is 79.9. The summed E-state index contributed by atoms with van der Waals surface area (Å²) in [6, 6.07) is 5.10. The van der Waals surface area contributed by atoms with Crippen LogP contribution in [0.5, 0.6) is 5.75 Å². The molecule has 3 nitrogen and oxygen atoms in total. The largest absolute Gasteiger partial charge is 0.496 e. The van der Waals surface area contributed by atoms with E-state index in [0.717, 1.165) is 4.47 Å². The summed E-state index contributed by atoms with van der Waals surface area (Å²) in [4.78, 5) is 11.8. The molecule has 0 bridgehead atoms. The van der Waals surface area contributed by atoms with E-state index in [9.17, 15) is 9.18 Å². The number of rotatable bonds is 4. The van der Waals surface area contributed by atoms with E-state index in [2.05, 4.69) is 21.2 Å². The van der Waals surface area contributed by atoms with Gasteiger partial charge < -0.3 is 10.1 Å². The number of alkyl halides is 1. The van der Waals surface area contributed by atoms with Crippen LogP contribution in [0.1, 0.15) is 23.2 Å². The Bertz CT molecular complexity index is 446. The summed E-state index contributed by atoms with van der Waals surface area (Å²) in [7, 11) is 1.50. The second-order valence-corrected chi connectivity index (χ2v) is 5.09. The number of nitrogens with one attached hydrogen (secondary N) is 1. The van der Waals surface area contributed by atoms with E-state index in [0.29, 0.717) is 24.2 Å². The Morgan fingerprint density at radius 3 is 2.88 bits per heavy atom. The smallest absolute Gasteiger partial charge is 0.255 e. The van der Waals surface area contributed by atoms with Crippen molar-refractivity contribution >= 4 is 21.8 Å². The molecule has 2 rings (SSSR count). The molecular formula is C12H13BrFNO2. The van der Waals surface area contributed by atoms with Gasteiger partial charge in [-0.25, -0.2) is 4.39 Å². The Labute approximate surface area is 107 Å². The monoisotopic (exact) mass is 301 g/mol. The number of carbonyl (C=O) groups excluding carboxylic acids is 1. The van der Waals surface area contributed by atoms with Crippen LogP contribution in [0, 0.1) is 0 Å². The maximum absolute atomic E-state index is 13.4. The van der Waals surface area contributed by atoms with Gasteiger partial charge in [0.15, 0.2) is 0 Å². The fourth-order valence-corrected chi connectivity index (χ4v) is 1.84. The highest BCUT2D eigenvalue weighted by Crippen LogP contribution is 2.38. The Balaban J connectivity index is 2.07. The van der Waals surface area contributed by atoms with E-state index in [4.69, 9.17) is 4.74 Å². The van der Waals surface area contributed by atoms with Crippen LogP contribution in [0.25, 0.3) is 0 Å². The van der Waals surface area contributed by atoms with E-state index in [1.807, 2.05) is 0 Å². The molecule has 1 fully saturated rings. The summed E-state index contributed by atoms with van der Waals surface area (Å²) in [5, 5.41) is 2.59. The third-order valence-electron chi connectivity index (χ3n) is 2.77. The number of hydrogen-bond acceptors (Lipinski definition) is 2. The van der Waals surface area contributed by atoms with Crippen molar-refractivity contribution in [2.24, 2.45) is 0 Å². The van der Waals surface area contributed by atoms with E-state index >= 15 is 0 Å². The molecule has 1 saturated carbocycles. The number of hydrogen-bond donors (Lipinski definition) is 1. The topological polar surface area (TPSA) is 38.3 Å². The number of halogens is 2. The fraction of sp³-hybridized carbons (Fsp3) is 0.417. The highest BCUT2D eigenvalue weighted by molar-refractivity contribution is 9.10. The van der Waals surface area contributed by atoms with Crippen molar-refractivity contribution in [1.29, 1.82) is 0 Å². The summed E-state index contributed by atoms with van der Waals surface area (Å²) in [5.74, 6) is 0.166. The molecule has 17 heavy (non-hydrogen) atoms. The van der Waals surface area contributed by atoms with Crippen molar-refractivity contribution in [2.75, 3.05) is 13.7 Å². The average molecular weight is 302 g/mol. The minimum Gasteiger partial charge on any atom is -0.496 e. The zero-order valence-electron chi connectivity index (χ0n) is 9.43. The summed E-state index contributed by atoms with van der Waals surface area (Å²) in [6.45, 7) is 0.0745. The second kappa shape index (κ2) is 4.64. The predicted molar refractivity (Wildman–Crippen MR) is 66.1 cm³/mol. The number of amides is 1. The third kappa shape index (κ3) is 2.97. The number of ether oxygens (including phenoxy) is 1. The van der Waals surface area contributed by atoms with Gasteiger partial charge in [0.25, 0.3) is 5.91 Å². The van der Waals surface area contributed by atoms with Crippen LogP contribution < -0.4 is 10.1 Å². The van der Waals surface area contributed by atoms with Crippen LogP contribution in [0.3, 0.4) is 0 Å². The molecule has 0 aromatic heterocycles. The average Bonchev–Trinajstić information content (AvgIpc) is 3.04. The molecule has 1 aliphatic rings. The van der Waals surface area contributed by atoms with Gasteiger partial charge in [-0.3, -0.25) is 4.79 Å². The molecule has 1 amide bonds. The molecule has 0 aliphatic heterocycles. The molecule has 0 atom stereocenters. The fourth-order valence-electron chi connectivity index (χ4n) is 1.50. The minimum atomic E-state index is -1.18. The molecular weight excluding hydrogens is 289 g/mol. The molecule has 5 heteroatoms. The van der Waals surface area contributed by atoms with Gasteiger partial charge in [-0.1, -0.05) is 15.9 Å². The van der Waals surface area contributed by atoms with Crippen molar-refractivity contribution < 1.29 is 13.9 Å². The molecule has 92 valence electrons. The molecule has 0 heterocycles. The lowest BCUT2D eigenvalue weighted by molar-refractivity contribution is 0.0934. The number of carbonyl (C=O) groups is 1. The van der Waals surface area contributed by atoms with Crippen LogP contribution in [-0.4, -0.2) is 25.2 Å². The lowest BCUT2D eigenvalue weighted by Gasteiger charge is -2.11. The molecule has 1 aliphatic carbocycles. The molecule has 1 aromatic carbocycles. The van der Waals surface area contributed by atoms with Crippen molar-refractivity contribution in [3.63, 3.8) is 0 Å². The van der Waals surface area contributed by atoms with Crippen LogP contribution >= 0.6 is 15.9 Å². The lowest BCUT2D eigenvalue weighted by Crippen LogP contribution is -2.31. The zero-order valence-corrected chi connectivity index (χ0v) is 11.0. The third-order valence-corrected chi connectivity index (χ3v) is 3.26. The first kappa shape index (κ1) is 12.4. The standard InChI is InChI=1S/C12H13BrFNO2/c1-17-10-6-8(13)2-3-9(10)11(16)15-7-12(14)4-5-12/h2-3,6H,4-5,7H2,1H3,(H,15,16). The molecule has 1 N–H and O–H groups in total. The van der Waals surface area contributed by atoms with Gasteiger partial charge in [0.05, 0.1) is 19.2 Å². The molecule has 0 unspecified atom stereocenters. The Morgan fingerprint density at radius 1 is 1.59 bits per heavy atom. The van der Waals surface area contributed by atoms with Crippen LogP contribution in [0.4, 0.5) is 4.39 Å². The van der Waals surface area contributed by atoms with E-state index < -0.39 is 5.67 Å². The first-order valence-corrected chi connectivity index (χ1v) is 6.14. The van der Waals surface area contributed by atoms with Crippen LogP contribution in [-0.2, 0) is 0 Å².